The maximum Gasteiger partial charge on any atom is 0.0674 e. The van der Waals surface area contributed by atoms with Crippen LogP contribution in [0.5, 0.6) is 0 Å². The summed E-state index contributed by atoms with van der Waals surface area (Å²) >= 11 is 0. The first-order valence-corrected chi connectivity index (χ1v) is 7.15. The smallest absolute Gasteiger partial charge is 0.0674 e. The SMILES string of the molecule is CC(C)COC(C)(C)CCOC(C)(C)C(C)(C)C. The zero-order chi connectivity index (χ0) is 14.6. The average molecular weight is 258 g/mol. The molecule has 0 heterocycles. The minimum Gasteiger partial charge on any atom is -0.375 e. The first-order valence-electron chi connectivity index (χ1n) is 7.15. The highest BCUT2D eigenvalue weighted by atomic mass is 16.5. The molecule has 18 heavy (non-hydrogen) atoms. The zero-order valence-electron chi connectivity index (χ0n) is 14.0. The van der Waals surface area contributed by atoms with Gasteiger partial charge in [-0.25, -0.2) is 0 Å². The van der Waals surface area contributed by atoms with E-state index in [2.05, 4.69) is 62.3 Å². The normalized spacial score (nSPS) is 14.3. The van der Waals surface area contributed by atoms with Crippen LogP contribution in [0.25, 0.3) is 0 Å². The zero-order valence-corrected chi connectivity index (χ0v) is 14.0. The van der Waals surface area contributed by atoms with Crippen molar-refractivity contribution in [2.75, 3.05) is 13.2 Å². The van der Waals surface area contributed by atoms with Crippen LogP contribution in [0, 0.1) is 11.3 Å². The molecular weight excluding hydrogens is 224 g/mol. The third-order valence-electron chi connectivity index (χ3n) is 3.78. The number of rotatable bonds is 7. The molecule has 0 aliphatic carbocycles. The number of hydrogen-bond donors (Lipinski definition) is 0. The van der Waals surface area contributed by atoms with E-state index in [9.17, 15) is 0 Å². The second kappa shape index (κ2) is 6.38. The van der Waals surface area contributed by atoms with Crippen molar-refractivity contribution in [3.63, 3.8) is 0 Å². The van der Waals surface area contributed by atoms with Crippen LogP contribution in [-0.4, -0.2) is 24.4 Å². The van der Waals surface area contributed by atoms with Gasteiger partial charge >= 0.3 is 0 Å². The highest BCUT2D eigenvalue weighted by Gasteiger charge is 2.34. The molecule has 0 unspecified atom stereocenters. The summed E-state index contributed by atoms with van der Waals surface area (Å²) < 4.78 is 12.0. The first kappa shape index (κ1) is 17.9. The first-order chi connectivity index (χ1) is 7.87. The van der Waals surface area contributed by atoms with Crippen LogP contribution >= 0.6 is 0 Å². The van der Waals surface area contributed by atoms with E-state index in [1.54, 1.807) is 0 Å². The third-order valence-corrected chi connectivity index (χ3v) is 3.78. The Morgan fingerprint density at radius 3 is 1.72 bits per heavy atom. The molecule has 0 aromatic heterocycles. The standard InChI is InChI=1S/C16H34O2/c1-13(2)12-18-15(6,7)10-11-17-16(8,9)14(3,4)5/h13H,10-12H2,1-9H3. The van der Waals surface area contributed by atoms with Crippen LogP contribution < -0.4 is 0 Å². The monoisotopic (exact) mass is 258 g/mol. The van der Waals surface area contributed by atoms with Crippen LogP contribution in [-0.2, 0) is 9.47 Å². The predicted molar refractivity (Wildman–Crippen MR) is 79.0 cm³/mol. The van der Waals surface area contributed by atoms with Crippen LogP contribution in [0.2, 0.25) is 0 Å². The van der Waals surface area contributed by atoms with Gasteiger partial charge in [-0.05, 0) is 45.4 Å². The maximum absolute atomic E-state index is 6.06. The Balaban J connectivity index is 4.10. The van der Waals surface area contributed by atoms with Gasteiger partial charge in [-0.3, -0.25) is 0 Å². The summed E-state index contributed by atoms with van der Waals surface area (Å²) in [5.41, 5.74) is -0.0602. The molecule has 110 valence electrons. The Morgan fingerprint density at radius 1 is 0.833 bits per heavy atom. The molecule has 0 bridgehead atoms. The van der Waals surface area contributed by atoms with Crippen molar-refractivity contribution in [2.45, 2.75) is 79.9 Å². The Kier molecular flexibility index (Phi) is 6.35. The van der Waals surface area contributed by atoms with Gasteiger partial charge in [-0.15, -0.1) is 0 Å². The lowest BCUT2D eigenvalue weighted by atomic mass is 9.79. The third kappa shape index (κ3) is 6.75. The summed E-state index contributed by atoms with van der Waals surface area (Å²) in [6.45, 7) is 21.2. The molecule has 0 aliphatic heterocycles. The van der Waals surface area contributed by atoms with E-state index in [4.69, 9.17) is 9.47 Å². The van der Waals surface area contributed by atoms with Gasteiger partial charge in [0, 0.05) is 6.61 Å². The highest BCUT2D eigenvalue weighted by Crippen LogP contribution is 2.33. The van der Waals surface area contributed by atoms with Crippen LogP contribution in [0.3, 0.4) is 0 Å². The van der Waals surface area contributed by atoms with E-state index in [0.717, 1.165) is 19.6 Å². The van der Waals surface area contributed by atoms with Crippen molar-refractivity contribution in [3.8, 4) is 0 Å². The Bertz CT molecular complexity index is 234. The van der Waals surface area contributed by atoms with Gasteiger partial charge in [0.15, 0.2) is 0 Å². The van der Waals surface area contributed by atoms with E-state index in [1.807, 2.05) is 0 Å². The number of ether oxygens (including phenoxy) is 2. The molecule has 0 spiro atoms. The van der Waals surface area contributed by atoms with Crippen molar-refractivity contribution < 1.29 is 9.47 Å². The van der Waals surface area contributed by atoms with Gasteiger partial charge in [-0.2, -0.15) is 0 Å². The van der Waals surface area contributed by atoms with Gasteiger partial charge < -0.3 is 9.47 Å². The van der Waals surface area contributed by atoms with E-state index in [1.165, 1.54) is 0 Å². The number of hydrogen-bond acceptors (Lipinski definition) is 2. The summed E-state index contributed by atoms with van der Waals surface area (Å²) in [4.78, 5) is 0. The molecule has 0 fully saturated rings. The Morgan fingerprint density at radius 2 is 1.33 bits per heavy atom. The average Bonchev–Trinajstić information content (AvgIpc) is 2.12. The van der Waals surface area contributed by atoms with Gasteiger partial charge in [0.2, 0.25) is 0 Å². The molecule has 0 saturated heterocycles. The van der Waals surface area contributed by atoms with Crippen molar-refractivity contribution in [2.24, 2.45) is 11.3 Å². The van der Waals surface area contributed by atoms with Gasteiger partial charge in [0.05, 0.1) is 17.8 Å². The van der Waals surface area contributed by atoms with E-state index < -0.39 is 0 Å². The molecule has 0 saturated carbocycles. The fourth-order valence-electron chi connectivity index (χ4n) is 1.23. The van der Waals surface area contributed by atoms with Crippen molar-refractivity contribution in [3.05, 3.63) is 0 Å². The molecule has 0 aromatic rings. The van der Waals surface area contributed by atoms with Gasteiger partial charge in [-0.1, -0.05) is 34.6 Å². The quantitative estimate of drug-likeness (QED) is 0.660. The molecule has 0 radical (unpaired) electrons. The highest BCUT2D eigenvalue weighted by molar-refractivity contribution is 4.84. The molecule has 0 rings (SSSR count). The maximum atomic E-state index is 6.06. The van der Waals surface area contributed by atoms with Crippen molar-refractivity contribution >= 4 is 0 Å². The predicted octanol–water partition coefficient (Wildman–Crippen LogP) is 4.67. The van der Waals surface area contributed by atoms with Crippen LogP contribution in [0.15, 0.2) is 0 Å². The molecule has 0 amide bonds. The summed E-state index contributed by atoms with van der Waals surface area (Å²) in [5, 5.41) is 0. The summed E-state index contributed by atoms with van der Waals surface area (Å²) in [6.07, 6.45) is 0.930. The van der Waals surface area contributed by atoms with Crippen LogP contribution in [0.1, 0.15) is 68.7 Å². The lowest BCUT2D eigenvalue weighted by Gasteiger charge is -2.39. The molecule has 2 heteroatoms. The molecule has 0 aliphatic rings. The lowest BCUT2D eigenvalue weighted by molar-refractivity contribution is -0.115. The molecule has 0 aromatic carbocycles. The molecule has 0 atom stereocenters. The van der Waals surface area contributed by atoms with E-state index >= 15 is 0 Å². The largest absolute Gasteiger partial charge is 0.375 e. The van der Waals surface area contributed by atoms with Gasteiger partial charge in [0.25, 0.3) is 0 Å². The summed E-state index contributed by atoms with van der Waals surface area (Å²) in [7, 11) is 0. The molecule has 0 N–H and O–H groups in total. The summed E-state index contributed by atoms with van der Waals surface area (Å²) in [5.74, 6) is 0.580. The van der Waals surface area contributed by atoms with Crippen molar-refractivity contribution in [1.29, 1.82) is 0 Å². The van der Waals surface area contributed by atoms with E-state index in [0.29, 0.717) is 5.92 Å². The van der Waals surface area contributed by atoms with Crippen LogP contribution in [0.4, 0.5) is 0 Å². The fourth-order valence-corrected chi connectivity index (χ4v) is 1.23. The lowest BCUT2D eigenvalue weighted by Crippen LogP contribution is -2.41. The Hall–Kier alpha value is -0.0800. The fraction of sp³-hybridized carbons (Fsp3) is 1.00. The second-order valence-electron chi connectivity index (χ2n) is 7.82. The topological polar surface area (TPSA) is 18.5 Å². The Labute approximate surface area is 114 Å². The molecule has 2 nitrogen and oxygen atoms in total. The minimum absolute atomic E-state index is 0.0990. The summed E-state index contributed by atoms with van der Waals surface area (Å²) in [6, 6.07) is 0. The minimum atomic E-state index is -0.110. The van der Waals surface area contributed by atoms with Crippen molar-refractivity contribution in [1.82, 2.24) is 0 Å². The second-order valence-corrected chi connectivity index (χ2v) is 7.82. The molecular formula is C16H34O2. The van der Waals surface area contributed by atoms with Gasteiger partial charge in [0.1, 0.15) is 0 Å². The van der Waals surface area contributed by atoms with E-state index in [-0.39, 0.29) is 16.6 Å².